The van der Waals surface area contributed by atoms with E-state index < -0.39 is 5.63 Å². The van der Waals surface area contributed by atoms with Crippen molar-refractivity contribution in [2.75, 3.05) is 7.11 Å². The predicted octanol–water partition coefficient (Wildman–Crippen LogP) is 7.05. The third kappa shape index (κ3) is 4.78. The fourth-order valence-electron chi connectivity index (χ4n) is 3.97. The average molecular weight is 455 g/mol. The Balaban J connectivity index is 1.68. The fourth-order valence-corrected chi connectivity index (χ4v) is 3.97. The summed E-state index contributed by atoms with van der Waals surface area (Å²) in [5.41, 5.74) is 5.08. The van der Waals surface area contributed by atoms with Gasteiger partial charge in [-0.2, -0.15) is 0 Å². The van der Waals surface area contributed by atoms with Crippen molar-refractivity contribution in [1.82, 2.24) is 0 Å². The second-order valence-electron chi connectivity index (χ2n) is 7.94. The molecule has 1 aromatic heterocycles. The topological polar surface area (TPSA) is 39.4 Å². The van der Waals surface area contributed by atoms with Gasteiger partial charge in [0.05, 0.1) is 12.7 Å². The molecule has 0 fully saturated rings. The predicted molar refractivity (Wildman–Crippen MR) is 140 cm³/mol. The highest BCUT2D eigenvalue weighted by Crippen LogP contribution is 2.34. The minimum absolute atomic E-state index is 0.405. The van der Waals surface area contributed by atoms with Gasteiger partial charge < -0.3 is 9.15 Å². The lowest BCUT2D eigenvalue weighted by molar-refractivity contribution is 0.415. The standard InChI is InChI=1S/C32H22O3/c1-34-27-20-18-26(19-21-27)31-29(24-12-6-3-7-13-24)22-30(35-32(31)33)28-15-9-8-14-25(28)17-16-23-10-4-2-5-11-23/h2-15,18-22H,1H3. The highest BCUT2D eigenvalue weighted by Gasteiger charge is 2.17. The van der Waals surface area contributed by atoms with Gasteiger partial charge in [-0.25, -0.2) is 4.79 Å². The number of hydrogen-bond acceptors (Lipinski definition) is 3. The van der Waals surface area contributed by atoms with Crippen molar-refractivity contribution < 1.29 is 9.15 Å². The van der Waals surface area contributed by atoms with Crippen LogP contribution in [-0.2, 0) is 0 Å². The van der Waals surface area contributed by atoms with Crippen molar-refractivity contribution in [2.24, 2.45) is 0 Å². The molecule has 0 saturated heterocycles. The number of rotatable bonds is 4. The minimum Gasteiger partial charge on any atom is -0.497 e. The lowest BCUT2D eigenvalue weighted by Gasteiger charge is -2.12. The molecular formula is C32H22O3. The highest BCUT2D eigenvalue weighted by atomic mass is 16.5. The van der Waals surface area contributed by atoms with E-state index in [0.29, 0.717) is 11.3 Å². The summed E-state index contributed by atoms with van der Waals surface area (Å²) in [7, 11) is 1.62. The monoisotopic (exact) mass is 454 g/mol. The summed E-state index contributed by atoms with van der Waals surface area (Å²) in [6.45, 7) is 0. The van der Waals surface area contributed by atoms with Gasteiger partial charge in [-0.15, -0.1) is 0 Å². The molecule has 0 atom stereocenters. The molecule has 0 saturated carbocycles. The molecule has 35 heavy (non-hydrogen) atoms. The van der Waals surface area contributed by atoms with Crippen LogP contribution in [0.1, 0.15) is 11.1 Å². The molecule has 5 rings (SSSR count). The molecule has 0 bridgehead atoms. The van der Waals surface area contributed by atoms with Gasteiger partial charge in [0.25, 0.3) is 0 Å². The van der Waals surface area contributed by atoms with Crippen LogP contribution in [0.5, 0.6) is 5.75 Å². The summed E-state index contributed by atoms with van der Waals surface area (Å²) < 4.78 is 11.2. The maximum Gasteiger partial charge on any atom is 0.344 e. The molecule has 5 aromatic rings. The molecule has 0 N–H and O–H groups in total. The Bertz CT molecular complexity index is 1570. The minimum atomic E-state index is -0.405. The maximum atomic E-state index is 13.4. The maximum absolute atomic E-state index is 13.4. The molecule has 0 unspecified atom stereocenters. The Kier molecular flexibility index (Phi) is 6.28. The second kappa shape index (κ2) is 9.99. The van der Waals surface area contributed by atoms with Crippen molar-refractivity contribution in [1.29, 1.82) is 0 Å². The number of ether oxygens (including phenoxy) is 1. The quantitative estimate of drug-likeness (QED) is 0.273. The van der Waals surface area contributed by atoms with Crippen LogP contribution in [0.4, 0.5) is 0 Å². The van der Waals surface area contributed by atoms with E-state index in [-0.39, 0.29) is 0 Å². The van der Waals surface area contributed by atoms with E-state index in [1.54, 1.807) is 7.11 Å². The van der Waals surface area contributed by atoms with Crippen LogP contribution in [0.15, 0.2) is 124 Å². The summed E-state index contributed by atoms with van der Waals surface area (Å²) in [6.07, 6.45) is 0. The van der Waals surface area contributed by atoms with Crippen LogP contribution in [0.3, 0.4) is 0 Å². The number of hydrogen-bond donors (Lipinski definition) is 0. The zero-order valence-corrected chi connectivity index (χ0v) is 19.2. The Morgan fingerprint density at radius 3 is 2.03 bits per heavy atom. The van der Waals surface area contributed by atoms with Crippen LogP contribution < -0.4 is 10.4 Å². The van der Waals surface area contributed by atoms with Gasteiger partial charge in [-0.05, 0) is 53.6 Å². The number of methoxy groups -OCH3 is 1. The smallest absolute Gasteiger partial charge is 0.344 e. The Morgan fingerprint density at radius 2 is 1.31 bits per heavy atom. The van der Waals surface area contributed by atoms with E-state index in [0.717, 1.165) is 39.1 Å². The van der Waals surface area contributed by atoms with E-state index in [1.807, 2.05) is 115 Å². The summed E-state index contributed by atoms with van der Waals surface area (Å²) in [6, 6.07) is 36.7. The van der Waals surface area contributed by atoms with Gasteiger partial charge in [-0.3, -0.25) is 0 Å². The van der Waals surface area contributed by atoms with Crippen molar-refractivity contribution in [2.45, 2.75) is 0 Å². The van der Waals surface area contributed by atoms with E-state index in [2.05, 4.69) is 11.8 Å². The second-order valence-corrected chi connectivity index (χ2v) is 7.94. The van der Waals surface area contributed by atoms with Gasteiger partial charge in [0.15, 0.2) is 0 Å². The molecule has 0 radical (unpaired) electrons. The Morgan fingerprint density at radius 1 is 0.657 bits per heavy atom. The normalized spacial score (nSPS) is 10.3. The molecule has 0 aliphatic carbocycles. The van der Waals surface area contributed by atoms with Gasteiger partial charge in [0.1, 0.15) is 11.5 Å². The van der Waals surface area contributed by atoms with Crippen molar-refractivity contribution in [3.05, 3.63) is 137 Å². The first-order valence-electron chi connectivity index (χ1n) is 11.3. The largest absolute Gasteiger partial charge is 0.497 e. The first-order valence-corrected chi connectivity index (χ1v) is 11.3. The third-order valence-electron chi connectivity index (χ3n) is 5.72. The van der Waals surface area contributed by atoms with Crippen molar-refractivity contribution >= 4 is 0 Å². The Hall–Kier alpha value is -4.81. The van der Waals surface area contributed by atoms with E-state index >= 15 is 0 Å². The fraction of sp³-hybridized carbons (Fsp3) is 0.0312. The third-order valence-corrected chi connectivity index (χ3v) is 5.72. The molecule has 0 spiro atoms. The SMILES string of the molecule is COc1ccc(-c2c(-c3ccccc3)cc(-c3ccccc3C#Cc3ccccc3)oc2=O)cc1. The summed E-state index contributed by atoms with van der Waals surface area (Å²) in [5, 5.41) is 0. The molecule has 4 aromatic carbocycles. The summed E-state index contributed by atoms with van der Waals surface area (Å²) >= 11 is 0. The van der Waals surface area contributed by atoms with Gasteiger partial charge in [0.2, 0.25) is 0 Å². The van der Waals surface area contributed by atoms with Gasteiger partial charge in [-0.1, -0.05) is 84.6 Å². The molecule has 168 valence electrons. The summed E-state index contributed by atoms with van der Waals surface area (Å²) in [4.78, 5) is 13.4. The molecule has 3 heteroatoms. The Labute approximate surface area is 204 Å². The lowest BCUT2D eigenvalue weighted by Crippen LogP contribution is -2.06. The van der Waals surface area contributed by atoms with Crippen LogP contribution in [-0.4, -0.2) is 7.11 Å². The highest BCUT2D eigenvalue weighted by molar-refractivity contribution is 5.85. The van der Waals surface area contributed by atoms with Crippen molar-refractivity contribution in [3.63, 3.8) is 0 Å². The first kappa shape index (κ1) is 22.0. The summed E-state index contributed by atoms with van der Waals surface area (Å²) in [5.74, 6) is 7.64. The van der Waals surface area contributed by atoms with E-state index in [1.165, 1.54) is 0 Å². The number of benzene rings is 4. The zero-order chi connectivity index (χ0) is 24.0. The van der Waals surface area contributed by atoms with Gasteiger partial charge in [0, 0.05) is 22.3 Å². The van der Waals surface area contributed by atoms with Crippen LogP contribution in [0, 0.1) is 11.8 Å². The zero-order valence-electron chi connectivity index (χ0n) is 19.2. The average Bonchev–Trinajstić information content (AvgIpc) is 2.93. The van der Waals surface area contributed by atoms with Crippen LogP contribution in [0.25, 0.3) is 33.6 Å². The van der Waals surface area contributed by atoms with Crippen molar-refractivity contribution in [3.8, 4) is 51.2 Å². The van der Waals surface area contributed by atoms with Crippen LogP contribution in [0.2, 0.25) is 0 Å². The molecule has 0 aliphatic rings. The molecular weight excluding hydrogens is 432 g/mol. The van der Waals surface area contributed by atoms with Crippen LogP contribution >= 0.6 is 0 Å². The van der Waals surface area contributed by atoms with E-state index in [9.17, 15) is 4.79 Å². The molecule has 1 heterocycles. The molecule has 0 aliphatic heterocycles. The first-order chi connectivity index (χ1) is 17.2. The molecule has 0 amide bonds. The lowest BCUT2D eigenvalue weighted by atomic mass is 9.94. The van der Waals surface area contributed by atoms with E-state index in [4.69, 9.17) is 9.15 Å². The van der Waals surface area contributed by atoms with Gasteiger partial charge >= 0.3 is 5.63 Å². The molecule has 3 nitrogen and oxygen atoms in total.